The summed E-state index contributed by atoms with van der Waals surface area (Å²) in [6.45, 7) is 9.02. The molecule has 0 bridgehead atoms. The van der Waals surface area contributed by atoms with Gasteiger partial charge in [0.2, 0.25) is 0 Å². The molecule has 2 N–H and O–H groups in total. The summed E-state index contributed by atoms with van der Waals surface area (Å²) in [5, 5.41) is 6.50. The second-order valence-corrected chi connectivity index (χ2v) is 7.23. The zero-order valence-electron chi connectivity index (χ0n) is 14.3. The van der Waals surface area contributed by atoms with Gasteiger partial charge in [0, 0.05) is 12.1 Å². The van der Waals surface area contributed by atoms with E-state index in [1.165, 1.54) is 38.5 Å². The Hall–Kier alpha value is -0.770. The highest BCUT2D eigenvalue weighted by Crippen LogP contribution is 2.20. The van der Waals surface area contributed by atoms with Gasteiger partial charge in [-0.1, -0.05) is 39.0 Å². The molecule has 0 saturated heterocycles. The molecule has 0 heterocycles. The number of alkyl carbamates (subject to hydrolysis) is 1. The summed E-state index contributed by atoms with van der Waals surface area (Å²) in [5.41, 5.74) is -0.413. The Morgan fingerprint density at radius 1 is 1.05 bits per heavy atom. The number of hydrogen-bond acceptors (Lipinski definition) is 3. The topological polar surface area (TPSA) is 50.4 Å². The lowest BCUT2D eigenvalue weighted by molar-refractivity contribution is 0.0465. The molecule has 1 aliphatic rings. The van der Waals surface area contributed by atoms with Crippen molar-refractivity contribution >= 4 is 6.09 Å². The van der Waals surface area contributed by atoms with Crippen molar-refractivity contribution in [3.63, 3.8) is 0 Å². The van der Waals surface area contributed by atoms with E-state index in [0.29, 0.717) is 6.04 Å². The number of rotatable bonds is 9. The molecule has 21 heavy (non-hydrogen) atoms. The number of amides is 1. The van der Waals surface area contributed by atoms with Gasteiger partial charge in [-0.05, 0) is 46.6 Å². The second-order valence-electron chi connectivity index (χ2n) is 7.23. The van der Waals surface area contributed by atoms with Crippen molar-refractivity contribution in [3.05, 3.63) is 0 Å². The molecule has 124 valence electrons. The zero-order valence-corrected chi connectivity index (χ0v) is 14.3. The van der Waals surface area contributed by atoms with Crippen LogP contribution in [0.2, 0.25) is 0 Å². The van der Waals surface area contributed by atoms with Crippen molar-refractivity contribution in [2.45, 2.75) is 96.7 Å². The van der Waals surface area contributed by atoms with Crippen LogP contribution in [0.15, 0.2) is 0 Å². The molecular formula is C17H34N2O2. The molecule has 0 aromatic heterocycles. The van der Waals surface area contributed by atoms with Gasteiger partial charge in [-0.15, -0.1) is 0 Å². The van der Waals surface area contributed by atoms with Crippen molar-refractivity contribution in [1.82, 2.24) is 10.6 Å². The van der Waals surface area contributed by atoms with E-state index in [9.17, 15) is 4.79 Å². The number of carbonyl (C=O) groups excluding carboxylic acids is 1. The molecule has 0 aliphatic heterocycles. The summed E-state index contributed by atoms with van der Waals surface area (Å²) in [6.07, 6.45) is 9.78. The lowest BCUT2D eigenvalue weighted by Crippen LogP contribution is -2.53. The normalized spacial score (nSPS) is 21.7. The van der Waals surface area contributed by atoms with Gasteiger partial charge in [0.05, 0.1) is 0 Å². The Morgan fingerprint density at radius 2 is 1.67 bits per heavy atom. The third kappa shape index (κ3) is 8.97. The average Bonchev–Trinajstić information content (AvgIpc) is 2.31. The molecule has 0 unspecified atom stereocenters. The lowest BCUT2D eigenvalue weighted by Gasteiger charge is -2.36. The molecule has 1 saturated carbocycles. The van der Waals surface area contributed by atoms with E-state index in [-0.39, 0.29) is 12.1 Å². The van der Waals surface area contributed by atoms with E-state index < -0.39 is 5.60 Å². The maximum atomic E-state index is 11.6. The van der Waals surface area contributed by atoms with Gasteiger partial charge in [0.1, 0.15) is 5.60 Å². The zero-order chi connectivity index (χ0) is 15.7. The first-order chi connectivity index (χ1) is 9.90. The van der Waals surface area contributed by atoms with E-state index in [1.54, 1.807) is 0 Å². The van der Waals surface area contributed by atoms with E-state index in [4.69, 9.17) is 4.74 Å². The average molecular weight is 298 g/mol. The number of unbranched alkanes of at least 4 members (excludes halogenated alkanes) is 5. The number of nitrogens with one attached hydrogen (secondary N) is 2. The minimum atomic E-state index is -0.413. The molecule has 0 aromatic rings. The first kappa shape index (κ1) is 18.3. The quantitative estimate of drug-likeness (QED) is 0.633. The molecule has 0 aromatic carbocycles. The molecule has 1 aliphatic carbocycles. The maximum Gasteiger partial charge on any atom is 0.407 e. The highest BCUT2D eigenvalue weighted by atomic mass is 16.6. The van der Waals surface area contributed by atoms with Crippen LogP contribution >= 0.6 is 0 Å². The fourth-order valence-electron chi connectivity index (χ4n) is 2.59. The van der Waals surface area contributed by atoms with Gasteiger partial charge in [0.25, 0.3) is 0 Å². The van der Waals surface area contributed by atoms with Crippen LogP contribution in [0.4, 0.5) is 4.79 Å². The highest BCUT2D eigenvalue weighted by molar-refractivity contribution is 5.68. The Morgan fingerprint density at radius 3 is 2.29 bits per heavy atom. The molecule has 4 nitrogen and oxygen atoms in total. The van der Waals surface area contributed by atoms with E-state index in [1.807, 2.05) is 20.8 Å². The van der Waals surface area contributed by atoms with Gasteiger partial charge in [-0.25, -0.2) is 4.79 Å². The molecule has 0 spiro atoms. The molecule has 4 heteroatoms. The van der Waals surface area contributed by atoms with E-state index >= 15 is 0 Å². The number of hydrogen-bond donors (Lipinski definition) is 2. The first-order valence-electron chi connectivity index (χ1n) is 8.63. The first-order valence-corrected chi connectivity index (χ1v) is 8.63. The smallest absolute Gasteiger partial charge is 0.407 e. The second kappa shape index (κ2) is 9.29. The SMILES string of the molecule is CCCCCCCCNC1CC(NC(=O)OC(C)(C)C)C1. The summed E-state index contributed by atoms with van der Waals surface area (Å²) in [4.78, 5) is 11.6. The Labute approximate surface area is 130 Å². The number of ether oxygens (including phenoxy) is 1. The van der Waals surface area contributed by atoms with Crippen molar-refractivity contribution in [1.29, 1.82) is 0 Å². The van der Waals surface area contributed by atoms with Gasteiger partial charge in [-0.3, -0.25) is 0 Å². The van der Waals surface area contributed by atoms with Gasteiger partial charge in [-0.2, -0.15) is 0 Å². The third-order valence-electron chi connectivity index (χ3n) is 3.82. The standard InChI is InChI=1S/C17H34N2O2/c1-5-6-7-8-9-10-11-18-14-12-15(13-14)19-16(20)21-17(2,3)4/h14-15,18H,5-13H2,1-4H3,(H,19,20). The minimum absolute atomic E-state index is 0.280. The molecule has 1 amide bonds. The third-order valence-corrected chi connectivity index (χ3v) is 3.82. The Bertz CT molecular complexity index is 294. The summed E-state index contributed by atoms with van der Waals surface area (Å²) < 4.78 is 5.25. The van der Waals surface area contributed by atoms with Crippen LogP contribution in [0, 0.1) is 0 Å². The summed E-state index contributed by atoms with van der Waals surface area (Å²) in [7, 11) is 0. The van der Waals surface area contributed by atoms with Crippen molar-refractivity contribution < 1.29 is 9.53 Å². The lowest BCUT2D eigenvalue weighted by atomic mass is 9.87. The molecule has 0 radical (unpaired) electrons. The maximum absolute atomic E-state index is 11.6. The van der Waals surface area contributed by atoms with Crippen molar-refractivity contribution in [2.24, 2.45) is 0 Å². The Kier molecular flexibility index (Phi) is 8.09. The minimum Gasteiger partial charge on any atom is -0.444 e. The van der Waals surface area contributed by atoms with Crippen molar-refractivity contribution in [3.8, 4) is 0 Å². The van der Waals surface area contributed by atoms with Crippen LogP contribution in [0.3, 0.4) is 0 Å². The molecular weight excluding hydrogens is 264 g/mol. The van der Waals surface area contributed by atoms with Gasteiger partial charge in [0.15, 0.2) is 0 Å². The van der Waals surface area contributed by atoms with E-state index in [2.05, 4.69) is 17.6 Å². The highest BCUT2D eigenvalue weighted by Gasteiger charge is 2.30. The largest absolute Gasteiger partial charge is 0.444 e. The summed E-state index contributed by atoms with van der Waals surface area (Å²) >= 11 is 0. The van der Waals surface area contributed by atoms with Gasteiger partial charge >= 0.3 is 6.09 Å². The van der Waals surface area contributed by atoms with Crippen LogP contribution in [-0.2, 0) is 4.74 Å². The van der Waals surface area contributed by atoms with Crippen LogP contribution in [-0.4, -0.2) is 30.3 Å². The number of carbonyl (C=O) groups is 1. The Balaban J connectivity index is 1.93. The van der Waals surface area contributed by atoms with Crippen LogP contribution in [0.25, 0.3) is 0 Å². The summed E-state index contributed by atoms with van der Waals surface area (Å²) in [5.74, 6) is 0. The molecule has 1 rings (SSSR count). The predicted octanol–water partition coefficient (Wildman–Crippen LogP) is 3.99. The van der Waals surface area contributed by atoms with Crippen LogP contribution in [0.5, 0.6) is 0 Å². The van der Waals surface area contributed by atoms with E-state index in [0.717, 1.165) is 19.4 Å². The van der Waals surface area contributed by atoms with Crippen molar-refractivity contribution in [2.75, 3.05) is 6.54 Å². The molecule has 0 atom stereocenters. The summed E-state index contributed by atoms with van der Waals surface area (Å²) in [6, 6.07) is 0.850. The van der Waals surface area contributed by atoms with Crippen LogP contribution in [0.1, 0.15) is 79.1 Å². The van der Waals surface area contributed by atoms with Gasteiger partial charge < -0.3 is 15.4 Å². The van der Waals surface area contributed by atoms with Crippen LogP contribution < -0.4 is 10.6 Å². The fourth-order valence-corrected chi connectivity index (χ4v) is 2.59. The molecule has 1 fully saturated rings. The fraction of sp³-hybridized carbons (Fsp3) is 0.941. The monoisotopic (exact) mass is 298 g/mol. The predicted molar refractivity (Wildman–Crippen MR) is 87.6 cm³/mol.